The Labute approximate surface area is 77.4 Å². The number of hydrogen-bond acceptors (Lipinski definition) is 0. The van der Waals surface area contributed by atoms with Gasteiger partial charge in [0.05, 0.1) is 0 Å². The molecular weight excluding hydrogens is 144 g/mol. The molecule has 0 bridgehead atoms. The highest BCUT2D eigenvalue weighted by Gasteiger charge is 2.09. The van der Waals surface area contributed by atoms with Gasteiger partial charge in [0.2, 0.25) is 0 Å². The fraction of sp³-hybridized carbons (Fsp3) is 0.667. The van der Waals surface area contributed by atoms with E-state index in [0.29, 0.717) is 5.41 Å². The van der Waals surface area contributed by atoms with Crippen LogP contribution in [0.15, 0.2) is 23.3 Å². The van der Waals surface area contributed by atoms with Crippen molar-refractivity contribution in [2.75, 3.05) is 0 Å². The topological polar surface area (TPSA) is 0 Å². The molecule has 0 fully saturated rings. The quantitative estimate of drug-likeness (QED) is 0.535. The van der Waals surface area contributed by atoms with Crippen LogP contribution in [0.25, 0.3) is 0 Å². The van der Waals surface area contributed by atoms with Gasteiger partial charge in [-0.15, -0.1) is 0 Å². The zero-order chi connectivity index (χ0) is 9.78. The Morgan fingerprint density at radius 2 is 1.50 bits per heavy atom. The molecule has 0 saturated carbocycles. The second-order valence-electron chi connectivity index (χ2n) is 4.99. The van der Waals surface area contributed by atoms with E-state index < -0.39 is 0 Å². The van der Waals surface area contributed by atoms with Crippen LogP contribution < -0.4 is 0 Å². The van der Waals surface area contributed by atoms with Gasteiger partial charge in [0.25, 0.3) is 0 Å². The van der Waals surface area contributed by atoms with Crippen molar-refractivity contribution < 1.29 is 0 Å². The third-order valence-corrected chi connectivity index (χ3v) is 1.51. The molecule has 0 heterocycles. The van der Waals surface area contributed by atoms with Crippen LogP contribution in [0.5, 0.6) is 0 Å². The van der Waals surface area contributed by atoms with Gasteiger partial charge in [0.15, 0.2) is 0 Å². The maximum absolute atomic E-state index is 2.27. The zero-order valence-corrected chi connectivity index (χ0v) is 9.36. The molecular formula is C12H22. The Kier molecular flexibility index (Phi) is 4.30. The summed E-state index contributed by atoms with van der Waals surface area (Å²) in [6.07, 6.45) is 5.58. The van der Waals surface area contributed by atoms with Gasteiger partial charge in [0, 0.05) is 0 Å². The second kappa shape index (κ2) is 4.49. The van der Waals surface area contributed by atoms with E-state index in [9.17, 15) is 0 Å². The molecule has 0 aromatic rings. The van der Waals surface area contributed by atoms with Crippen molar-refractivity contribution in [3.63, 3.8) is 0 Å². The molecule has 0 unspecified atom stereocenters. The third kappa shape index (κ3) is 7.59. The van der Waals surface area contributed by atoms with E-state index >= 15 is 0 Å². The van der Waals surface area contributed by atoms with E-state index in [0.717, 1.165) is 0 Å². The molecule has 12 heavy (non-hydrogen) atoms. The predicted octanol–water partition coefficient (Wildman–Crippen LogP) is 4.34. The highest BCUT2D eigenvalue weighted by Crippen LogP contribution is 2.23. The smallest absolute Gasteiger partial charge is 0.0271 e. The normalized spacial score (nSPS) is 13.0. The van der Waals surface area contributed by atoms with Crippen molar-refractivity contribution in [1.29, 1.82) is 0 Å². The van der Waals surface area contributed by atoms with E-state index in [4.69, 9.17) is 0 Å². The van der Waals surface area contributed by atoms with Crippen LogP contribution in [0.1, 0.15) is 48.0 Å². The van der Waals surface area contributed by atoms with Gasteiger partial charge in [-0.05, 0) is 32.6 Å². The lowest BCUT2D eigenvalue weighted by atomic mass is 9.88. The van der Waals surface area contributed by atoms with Crippen LogP contribution in [0.3, 0.4) is 0 Å². The highest BCUT2D eigenvalue weighted by atomic mass is 14.1. The molecule has 0 aliphatic carbocycles. The van der Waals surface area contributed by atoms with Gasteiger partial charge in [-0.3, -0.25) is 0 Å². The average Bonchev–Trinajstić information content (AvgIpc) is 1.79. The van der Waals surface area contributed by atoms with Crippen LogP contribution >= 0.6 is 0 Å². The van der Waals surface area contributed by atoms with E-state index in [-0.39, 0.29) is 0 Å². The van der Waals surface area contributed by atoms with E-state index in [2.05, 4.69) is 53.7 Å². The monoisotopic (exact) mass is 166 g/mol. The summed E-state index contributed by atoms with van der Waals surface area (Å²) >= 11 is 0. The van der Waals surface area contributed by atoms with Crippen molar-refractivity contribution in [3.8, 4) is 0 Å². The van der Waals surface area contributed by atoms with Crippen LogP contribution in [0.2, 0.25) is 0 Å². The number of rotatable bonds is 2. The number of hydrogen-bond donors (Lipinski definition) is 0. The molecule has 0 amide bonds. The summed E-state index contributed by atoms with van der Waals surface area (Å²) in [6.45, 7) is 13.3. The van der Waals surface area contributed by atoms with Crippen molar-refractivity contribution in [2.45, 2.75) is 48.0 Å². The first-order chi connectivity index (χ1) is 5.31. The molecule has 0 aromatic heterocycles. The fourth-order valence-electron chi connectivity index (χ4n) is 1.20. The molecule has 0 nitrogen and oxygen atoms in total. The molecule has 0 aromatic carbocycles. The summed E-state index contributed by atoms with van der Waals surface area (Å²) in [6, 6.07) is 0. The summed E-state index contributed by atoms with van der Waals surface area (Å²) in [4.78, 5) is 0. The molecule has 0 spiro atoms. The summed E-state index contributed by atoms with van der Waals surface area (Å²) in [7, 11) is 0. The Morgan fingerprint density at radius 1 is 1.00 bits per heavy atom. The fourth-order valence-corrected chi connectivity index (χ4v) is 1.20. The first-order valence-electron chi connectivity index (χ1n) is 4.62. The standard InChI is InChI=1S/C12H22/c1-10(2)7-8-11(3)9-12(4,5)6/h7-8H,9H2,1-6H3. The SMILES string of the molecule is CC(C)=CC=C(C)CC(C)(C)C. The summed E-state index contributed by atoms with van der Waals surface area (Å²) < 4.78 is 0. The Bertz CT molecular complexity index is 183. The van der Waals surface area contributed by atoms with Gasteiger partial charge in [0.1, 0.15) is 0 Å². The predicted molar refractivity (Wildman–Crippen MR) is 57.3 cm³/mol. The maximum Gasteiger partial charge on any atom is -0.0271 e. The van der Waals surface area contributed by atoms with Crippen LogP contribution in [0, 0.1) is 5.41 Å². The van der Waals surface area contributed by atoms with E-state index in [1.165, 1.54) is 17.6 Å². The minimum atomic E-state index is 0.413. The first-order valence-corrected chi connectivity index (χ1v) is 4.62. The molecule has 0 saturated heterocycles. The second-order valence-corrected chi connectivity index (χ2v) is 4.99. The van der Waals surface area contributed by atoms with Crippen molar-refractivity contribution in [1.82, 2.24) is 0 Å². The minimum absolute atomic E-state index is 0.413. The molecule has 0 radical (unpaired) electrons. The first kappa shape index (κ1) is 11.5. The van der Waals surface area contributed by atoms with Crippen molar-refractivity contribution >= 4 is 0 Å². The molecule has 0 N–H and O–H groups in total. The lowest BCUT2D eigenvalue weighted by Crippen LogP contribution is -2.04. The van der Waals surface area contributed by atoms with Gasteiger partial charge >= 0.3 is 0 Å². The van der Waals surface area contributed by atoms with E-state index in [1.54, 1.807) is 0 Å². The molecule has 70 valence electrons. The lowest BCUT2D eigenvalue weighted by Gasteiger charge is -2.17. The molecule has 0 rings (SSSR count). The lowest BCUT2D eigenvalue weighted by molar-refractivity contribution is 0.410. The zero-order valence-electron chi connectivity index (χ0n) is 9.36. The Morgan fingerprint density at radius 3 is 1.83 bits per heavy atom. The van der Waals surface area contributed by atoms with Gasteiger partial charge in [-0.2, -0.15) is 0 Å². The summed E-state index contributed by atoms with van der Waals surface area (Å²) in [5, 5.41) is 0. The van der Waals surface area contributed by atoms with E-state index in [1.807, 2.05) is 0 Å². The summed E-state index contributed by atoms with van der Waals surface area (Å²) in [5.41, 5.74) is 3.24. The van der Waals surface area contributed by atoms with Gasteiger partial charge in [-0.25, -0.2) is 0 Å². The van der Waals surface area contributed by atoms with Crippen LogP contribution in [0.4, 0.5) is 0 Å². The van der Waals surface area contributed by atoms with Crippen molar-refractivity contribution in [2.24, 2.45) is 5.41 Å². The Balaban J connectivity index is 4.13. The molecule has 0 heteroatoms. The maximum atomic E-state index is 2.27. The minimum Gasteiger partial charge on any atom is -0.0764 e. The highest BCUT2D eigenvalue weighted by molar-refractivity contribution is 5.14. The Hall–Kier alpha value is -0.520. The number of allylic oxidation sites excluding steroid dienone is 4. The molecule has 0 aliphatic heterocycles. The molecule has 0 aliphatic rings. The van der Waals surface area contributed by atoms with Crippen LogP contribution in [-0.4, -0.2) is 0 Å². The van der Waals surface area contributed by atoms with Crippen LogP contribution in [-0.2, 0) is 0 Å². The van der Waals surface area contributed by atoms with Crippen molar-refractivity contribution in [3.05, 3.63) is 23.3 Å². The largest absolute Gasteiger partial charge is 0.0764 e. The third-order valence-electron chi connectivity index (χ3n) is 1.51. The van der Waals surface area contributed by atoms with Gasteiger partial charge < -0.3 is 0 Å². The van der Waals surface area contributed by atoms with Gasteiger partial charge in [-0.1, -0.05) is 44.1 Å². The molecule has 0 atom stereocenters. The summed E-state index contributed by atoms with van der Waals surface area (Å²) in [5.74, 6) is 0. The average molecular weight is 166 g/mol.